The molecule has 2 rings (SSSR count). The second-order valence-corrected chi connectivity index (χ2v) is 4.47. The lowest BCUT2D eigenvalue weighted by Gasteiger charge is -2.29. The Morgan fingerprint density at radius 3 is 3.00 bits per heavy atom. The molecule has 1 saturated heterocycles. The van der Waals surface area contributed by atoms with Gasteiger partial charge in [0, 0.05) is 25.7 Å². The van der Waals surface area contributed by atoms with Gasteiger partial charge in [-0.1, -0.05) is 0 Å². The first-order valence-corrected chi connectivity index (χ1v) is 5.96. The van der Waals surface area contributed by atoms with E-state index in [1.165, 1.54) is 6.07 Å². The molecular weight excluding hydrogens is 252 g/mol. The average molecular weight is 268 g/mol. The maximum Gasteiger partial charge on any atom is 0.338 e. The van der Waals surface area contributed by atoms with Crippen LogP contribution in [0.1, 0.15) is 20.9 Å². The minimum Gasteiger partial charge on any atom is -0.478 e. The summed E-state index contributed by atoms with van der Waals surface area (Å²) in [6.07, 6.45) is 0.985. The molecule has 1 aromatic rings. The Balaban J connectivity index is 1.85. The summed E-state index contributed by atoms with van der Waals surface area (Å²) in [5.74, 6) is -1.58. The highest BCUT2D eigenvalue weighted by atomic mass is 16.5. The van der Waals surface area contributed by atoms with Crippen LogP contribution in [0.25, 0.3) is 0 Å². The number of carbonyl (C=O) groups is 2. The molecule has 2 N–H and O–H groups in total. The topological polar surface area (TPSA) is 92.0 Å². The van der Waals surface area contributed by atoms with Crippen molar-refractivity contribution in [2.45, 2.75) is 6.10 Å². The van der Waals surface area contributed by atoms with Crippen LogP contribution in [0.3, 0.4) is 0 Å². The van der Waals surface area contributed by atoms with E-state index in [2.05, 4.69) is 10.2 Å². The fourth-order valence-corrected chi connectivity index (χ4v) is 1.85. The lowest BCUT2D eigenvalue weighted by Crippen LogP contribution is -2.45. The number of aromatic carboxylic acids is 1. The Bertz CT molecular complexity index is 470. The summed E-state index contributed by atoms with van der Waals surface area (Å²) in [5, 5.41) is 11.4. The molecule has 1 aliphatic heterocycles. The first-order chi connectivity index (χ1) is 9.06. The van der Waals surface area contributed by atoms with Crippen LogP contribution in [-0.2, 0) is 4.74 Å². The quantitative estimate of drug-likeness (QED) is 0.801. The van der Waals surface area contributed by atoms with Crippen molar-refractivity contribution in [1.82, 2.24) is 10.2 Å². The zero-order valence-corrected chi connectivity index (χ0v) is 10.6. The summed E-state index contributed by atoms with van der Waals surface area (Å²) in [4.78, 5) is 24.5. The number of hydrogen-bond acceptors (Lipinski definition) is 5. The SMILES string of the molecule is CN1CCOC(CNC(=O)c2cc(C(=O)O)co2)C1. The number of carboxylic acids is 1. The maximum absolute atomic E-state index is 11.7. The highest BCUT2D eigenvalue weighted by Crippen LogP contribution is 2.08. The summed E-state index contributed by atoms with van der Waals surface area (Å²) in [5.41, 5.74) is -0.0428. The Morgan fingerprint density at radius 1 is 1.58 bits per heavy atom. The molecule has 1 aromatic heterocycles. The number of morpholine rings is 1. The largest absolute Gasteiger partial charge is 0.478 e. The van der Waals surface area contributed by atoms with Crippen LogP contribution in [0.2, 0.25) is 0 Å². The molecule has 19 heavy (non-hydrogen) atoms. The predicted molar refractivity (Wildman–Crippen MR) is 65.2 cm³/mol. The number of ether oxygens (including phenoxy) is 1. The maximum atomic E-state index is 11.7. The number of carboxylic acid groups (broad SMARTS) is 1. The lowest BCUT2D eigenvalue weighted by atomic mass is 10.2. The van der Waals surface area contributed by atoms with Gasteiger partial charge in [0.15, 0.2) is 5.76 Å². The van der Waals surface area contributed by atoms with E-state index in [-0.39, 0.29) is 17.4 Å². The monoisotopic (exact) mass is 268 g/mol. The molecule has 0 aromatic carbocycles. The third-order valence-corrected chi connectivity index (χ3v) is 2.90. The molecule has 104 valence electrons. The summed E-state index contributed by atoms with van der Waals surface area (Å²) in [6, 6.07) is 1.20. The van der Waals surface area contributed by atoms with Crippen LogP contribution in [0, 0.1) is 0 Å². The zero-order valence-electron chi connectivity index (χ0n) is 10.6. The van der Waals surface area contributed by atoms with Crippen molar-refractivity contribution in [3.8, 4) is 0 Å². The van der Waals surface area contributed by atoms with Gasteiger partial charge in [-0.05, 0) is 7.05 Å². The molecule has 0 saturated carbocycles. The number of nitrogens with one attached hydrogen (secondary N) is 1. The van der Waals surface area contributed by atoms with Crippen molar-refractivity contribution in [2.24, 2.45) is 0 Å². The fraction of sp³-hybridized carbons (Fsp3) is 0.500. The van der Waals surface area contributed by atoms with Gasteiger partial charge in [-0.25, -0.2) is 4.79 Å². The lowest BCUT2D eigenvalue weighted by molar-refractivity contribution is -0.0175. The first kappa shape index (κ1) is 13.6. The van der Waals surface area contributed by atoms with Crippen LogP contribution in [0.4, 0.5) is 0 Å². The number of carbonyl (C=O) groups excluding carboxylic acids is 1. The van der Waals surface area contributed by atoms with E-state index in [9.17, 15) is 9.59 Å². The minimum atomic E-state index is -1.12. The Morgan fingerprint density at radius 2 is 2.37 bits per heavy atom. The van der Waals surface area contributed by atoms with Gasteiger partial charge in [-0.3, -0.25) is 4.79 Å². The van der Waals surface area contributed by atoms with Crippen LogP contribution in [0.15, 0.2) is 16.7 Å². The van der Waals surface area contributed by atoms with Gasteiger partial charge in [0.05, 0.1) is 18.3 Å². The average Bonchev–Trinajstić information content (AvgIpc) is 2.86. The molecule has 7 heteroatoms. The number of nitrogens with zero attached hydrogens (tertiary/aromatic N) is 1. The highest BCUT2D eigenvalue weighted by molar-refractivity contribution is 5.95. The van der Waals surface area contributed by atoms with Crippen molar-refractivity contribution < 1.29 is 23.8 Å². The van der Waals surface area contributed by atoms with Crippen LogP contribution in [0.5, 0.6) is 0 Å². The third kappa shape index (κ3) is 3.55. The van der Waals surface area contributed by atoms with Gasteiger partial charge in [0.1, 0.15) is 6.26 Å². The molecule has 0 aliphatic carbocycles. The van der Waals surface area contributed by atoms with Crippen molar-refractivity contribution in [3.63, 3.8) is 0 Å². The Hall–Kier alpha value is -1.86. The van der Waals surface area contributed by atoms with Gasteiger partial charge in [0.2, 0.25) is 0 Å². The zero-order chi connectivity index (χ0) is 13.8. The number of likely N-dealkylation sites (N-methyl/N-ethyl adjacent to an activating group) is 1. The highest BCUT2D eigenvalue weighted by Gasteiger charge is 2.20. The van der Waals surface area contributed by atoms with Crippen molar-refractivity contribution >= 4 is 11.9 Å². The van der Waals surface area contributed by atoms with Gasteiger partial charge in [-0.2, -0.15) is 0 Å². The van der Waals surface area contributed by atoms with Gasteiger partial charge in [0.25, 0.3) is 5.91 Å². The van der Waals surface area contributed by atoms with Gasteiger partial charge in [-0.15, -0.1) is 0 Å². The van der Waals surface area contributed by atoms with Crippen LogP contribution in [-0.4, -0.2) is 61.3 Å². The molecule has 1 unspecified atom stereocenters. The Kier molecular flexibility index (Phi) is 4.18. The van der Waals surface area contributed by atoms with Gasteiger partial charge < -0.3 is 24.5 Å². The van der Waals surface area contributed by atoms with Crippen molar-refractivity contribution in [1.29, 1.82) is 0 Å². The third-order valence-electron chi connectivity index (χ3n) is 2.90. The molecule has 7 nitrogen and oxygen atoms in total. The molecule has 0 spiro atoms. The van der Waals surface area contributed by atoms with Crippen molar-refractivity contribution in [2.75, 3.05) is 33.3 Å². The second kappa shape index (κ2) is 5.85. The smallest absolute Gasteiger partial charge is 0.338 e. The number of rotatable bonds is 4. The fourth-order valence-electron chi connectivity index (χ4n) is 1.85. The summed E-state index contributed by atoms with van der Waals surface area (Å²) in [7, 11) is 1.99. The predicted octanol–water partition coefficient (Wildman–Crippen LogP) is 0.0382. The van der Waals surface area contributed by atoms with E-state index in [1.807, 2.05) is 7.05 Å². The van der Waals surface area contributed by atoms with E-state index in [0.717, 1.165) is 19.4 Å². The van der Waals surface area contributed by atoms with E-state index in [1.54, 1.807) is 0 Å². The number of hydrogen-bond donors (Lipinski definition) is 2. The van der Waals surface area contributed by atoms with Crippen LogP contribution < -0.4 is 5.32 Å². The van der Waals surface area contributed by atoms with Crippen LogP contribution >= 0.6 is 0 Å². The number of amides is 1. The molecule has 1 amide bonds. The molecule has 1 aliphatic rings. The van der Waals surface area contributed by atoms with E-state index < -0.39 is 11.9 Å². The standard InChI is InChI=1S/C12H16N2O5/c1-14-2-3-18-9(6-14)5-13-11(15)10-4-8(7-19-10)12(16)17/h4,7,9H,2-3,5-6H2,1H3,(H,13,15)(H,16,17). The normalized spacial score (nSPS) is 20.2. The summed E-state index contributed by atoms with van der Waals surface area (Å²) < 4.78 is 10.4. The molecule has 0 radical (unpaired) electrons. The van der Waals surface area contributed by atoms with Crippen molar-refractivity contribution in [3.05, 3.63) is 23.7 Å². The summed E-state index contributed by atoms with van der Waals surface area (Å²) >= 11 is 0. The first-order valence-electron chi connectivity index (χ1n) is 5.96. The minimum absolute atomic E-state index is 0.0124. The molecule has 0 bridgehead atoms. The second-order valence-electron chi connectivity index (χ2n) is 4.47. The van der Waals surface area contributed by atoms with E-state index >= 15 is 0 Å². The molecule has 1 fully saturated rings. The molecular formula is C12H16N2O5. The molecule has 1 atom stereocenters. The molecule has 2 heterocycles. The van der Waals surface area contributed by atoms with E-state index in [0.29, 0.717) is 13.2 Å². The van der Waals surface area contributed by atoms with Gasteiger partial charge >= 0.3 is 5.97 Å². The van der Waals surface area contributed by atoms with E-state index in [4.69, 9.17) is 14.3 Å². The summed E-state index contributed by atoms with van der Waals surface area (Å²) in [6.45, 7) is 2.64. The Labute approximate surface area is 110 Å². The number of furan rings is 1.